The smallest absolute Gasteiger partial charge is 0.308 e. The van der Waals surface area contributed by atoms with Crippen LogP contribution in [0.15, 0.2) is 24.3 Å². The molecular formula is C15H15FN2O3. The van der Waals surface area contributed by atoms with Crippen molar-refractivity contribution in [2.75, 3.05) is 6.54 Å². The number of benzene rings is 1. The van der Waals surface area contributed by atoms with Gasteiger partial charge in [0.05, 0.1) is 5.92 Å². The summed E-state index contributed by atoms with van der Waals surface area (Å²) in [6.07, 6.45) is 0.455. The average Bonchev–Trinajstić information content (AvgIpc) is 3.00. The van der Waals surface area contributed by atoms with Gasteiger partial charge in [-0.3, -0.25) is 9.59 Å². The van der Waals surface area contributed by atoms with Crippen LogP contribution < -0.4 is 0 Å². The molecular weight excluding hydrogens is 275 g/mol. The molecule has 2 N–H and O–H groups in total. The molecule has 0 bridgehead atoms. The Bertz CT molecular complexity index is 725. The summed E-state index contributed by atoms with van der Waals surface area (Å²) < 4.78 is 13.2. The molecule has 1 aliphatic heterocycles. The number of carboxylic acids is 1. The van der Waals surface area contributed by atoms with Crippen LogP contribution in [0.3, 0.4) is 0 Å². The SMILES string of the molecule is CC1C(C(=O)O)CCN1C(=O)c1cc2cc(F)ccc2[nH]1. The predicted octanol–water partition coefficient (Wildman–Crippen LogP) is 2.24. The van der Waals surface area contributed by atoms with Gasteiger partial charge in [0.15, 0.2) is 0 Å². The van der Waals surface area contributed by atoms with Gasteiger partial charge in [0.2, 0.25) is 0 Å². The summed E-state index contributed by atoms with van der Waals surface area (Å²) in [5.74, 6) is -2.02. The van der Waals surface area contributed by atoms with Crippen LogP contribution in [0.1, 0.15) is 23.8 Å². The Morgan fingerprint density at radius 3 is 2.81 bits per heavy atom. The van der Waals surface area contributed by atoms with Crippen LogP contribution in [0, 0.1) is 11.7 Å². The number of nitrogens with one attached hydrogen (secondary N) is 1. The molecule has 1 aromatic heterocycles. The third kappa shape index (κ3) is 2.26. The van der Waals surface area contributed by atoms with E-state index in [-0.39, 0.29) is 17.8 Å². The van der Waals surface area contributed by atoms with Crippen LogP contribution >= 0.6 is 0 Å². The number of aromatic amines is 1. The average molecular weight is 290 g/mol. The molecule has 0 spiro atoms. The second kappa shape index (κ2) is 4.87. The van der Waals surface area contributed by atoms with Gasteiger partial charge in [0, 0.05) is 23.5 Å². The summed E-state index contributed by atoms with van der Waals surface area (Å²) in [5.41, 5.74) is 1.04. The third-order valence-electron chi connectivity index (χ3n) is 4.15. The van der Waals surface area contributed by atoms with E-state index >= 15 is 0 Å². The van der Waals surface area contributed by atoms with Crippen LogP contribution in [0.25, 0.3) is 10.9 Å². The summed E-state index contributed by atoms with van der Waals surface area (Å²) in [7, 11) is 0. The zero-order chi connectivity index (χ0) is 15.1. The first-order valence-electron chi connectivity index (χ1n) is 6.79. The highest BCUT2D eigenvalue weighted by Gasteiger charge is 2.38. The maximum absolute atomic E-state index is 13.2. The summed E-state index contributed by atoms with van der Waals surface area (Å²) >= 11 is 0. The molecule has 2 atom stereocenters. The molecule has 1 saturated heterocycles. The van der Waals surface area contributed by atoms with Gasteiger partial charge in [-0.25, -0.2) is 4.39 Å². The first kappa shape index (κ1) is 13.6. The van der Waals surface area contributed by atoms with E-state index in [9.17, 15) is 14.0 Å². The van der Waals surface area contributed by atoms with Gasteiger partial charge in [-0.2, -0.15) is 0 Å². The number of amides is 1. The molecule has 110 valence electrons. The Kier molecular flexibility index (Phi) is 3.16. The van der Waals surface area contributed by atoms with Gasteiger partial charge < -0.3 is 15.0 Å². The number of likely N-dealkylation sites (tertiary alicyclic amines) is 1. The number of carboxylic acid groups (broad SMARTS) is 1. The lowest BCUT2D eigenvalue weighted by molar-refractivity contribution is -0.142. The van der Waals surface area contributed by atoms with Crippen LogP contribution in [0.2, 0.25) is 0 Å². The molecule has 1 fully saturated rings. The first-order valence-corrected chi connectivity index (χ1v) is 6.79. The Balaban J connectivity index is 1.89. The highest BCUT2D eigenvalue weighted by molar-refractivity contribution is 5.98. The van der Waals surface area contributed by atoms with Crippen LogP contribution in [0.4, 0.5) is 4.39 Å². The van der Waals surface area contributed by atoms with Gasteiger partial charge in [-0.15, -0.1) is 0 Å². The highest BCUT2D eigenvalue weighted by atomic mass is 19.1. The van der Waals surface area contributed by atoms with Crippen LogP contribution in [-0.2, 0) is 4.79 Å². The van der Waals surface area contributed by atoms with Crippen molar-refractivity contribution in [3.63, 3.8) is 0 Å². The zero-order valence-electron chi connectivity index (χ0n) is 11.5. The largest absolute Gasteiger partial charge is 0.481 e. The molecule has 2 aromatic rings. The number of nitrogens with zero attached hydrogens (tertiary/aromatic N) is 1. The van der Waals surface area contributed by atoms with Gasteiger partial charge in [-0.05, 0) is 37.6 Å². The molecule has 2 unspecified atom stereocenters. The fourth-order valence-electron chi connectivity index (χ4n) is 2.93. The molecule has 0 aliphatic carbocycles. The second-order valence-electron chi connectivity index (χ2n) is 5.39. The minimum atomic E-state index is -0.878. The van der Waals surface area contributed by atoms with Gasteiger partial charge in [0.25, 0.3) is 5.91 Å². The molecule has 3 rings (SSSR count). The Morgan fingerprint density at radius 2 is 2.14 bits per heavy atom. The predicted molar refractivity (Wildman–Crippen MR) is 74.5 cm³/mol. The Hall–Kier alpha value is -2.37. The quantitative estimate of drug-likeness (QED) is 0.891. The number of aliphatic carboxylic acids is 1. The van der Waals surface area contributed by atoms with E-state index in [4.69, 9.17) is 5.11 Å². The minimum Gasteiger partial charge on any atom is -0.481 e. The normalized spacial score (nSPS) is 21.9. The lowest BCUT2D eigenvalue weighted by Gasteiger charge is -2.22. The summed E-state index contributed by atoms with van der Waals surface area (Å²) in [4.78, 5) is 28.1. The molecule has 1 aliphatic rings. The highest BCUT2D eigenvalue weighted by Crippen LogP contribution is 2.27. The van der Waals surface area contributed by atoms with Crippen LogP contribution in [-0.4, -0.2) is 39.5 Å². The summed E-state index contributed by atoms with van der Waals surface area (Å²) in [5, 5.41) is 9.74. The number of fused-ring (bicyclic) bond motifs is 1. The van der Waals surface area contributed by atoms with E-state index < -0.39 is 11.9 Å². The maximum Gasteiger partial charge on any atom is 0.308 e. The van der Waals surface area contributed by atoms with Gasteiger partial charge >= 0.3 is 5.97 Å². The minimum absolute atomic E-state index is 0.247. The topological polar surface area (TPSA) is 73.4 Å². The van der Waals surface area contributed by atoms with Crippen molar-refractivity contribution in [1.29, 1.82) is 0 Å². The molecule has 0 radical (unpaired) electrons. The standard InChI is InChI=1S/C15H15FN2O3/c1-8-11(15(20)21)4-5-18(8)14(19)13-7-9-6-10(16)2-3-12(9)17-13/h2-3,6-8,11,17H,4-5H2,1H3,(H,20,21). The number of carbonyl (C=O) groups excluding carboxylic acids is 1. The zero-order valence-corrected chi connectivity index (χ0v) is 11.5. The number of aromatic nitrogens is 1. The van der Waals surface area contributed by atoms with Crippen molar-refractivity contribution in [1.82, 2.24) is 9.88 Å². The van der Waals surface area contributed by atoms with Gasteiger partial charge in [0.1, 0.15) is 11.5 Å². The van der Waals surface area contributed by atoms with E-state index in [2.05, 4.69) is 4.98 Å². The summed E-state index contributed by atoms with van der Waals surface area (Å²) in [6.45, 7) is 2.16. The second-order valence-corrected chi connectivity index (χ2v) is 5.39. The van der Waals surface area contributed by atoms with Crippen molar-refractivity contribution in [2.24, 2.45) is 5.92 Å². The Labute approximate surface area is 120 Å². The van der Waals surface area contributed by atoms with E-state index in [0.29, 0.717) is 29.6 Å². The third-order valence-corrected chi connectivity index (χ3v) is 4.15. The number of halogens is 1. The number of hydrogen-bond donors (Lipinski definition) is 2. The van der Waals surface area contributed by atoms with Crippen molar-refractivity contribution in [2.45, 2.75) is 19.4 Å². The molecule has 21 heavy (non-hydrogen) atoms. The van der Waals surface area contributed by atoms with Crippen molar-refractivity contribution < 1.29 is 19.1 Å². The first-order chi connectivity index (χ1) is 9.97. The molecule has 2 heterocycles. The van der Waals surface area contributed by atoms with E-state index in [1.807, 2.05) is 0 Å². The van der Waals surface area contributed by atoms with E-state index in [0.717, 1.165) is 0 Å². The monoisotopic (exact) mass is 290 g/mol. The molecule has 5 nitrogen and oxygen atoms in total. The van der Waals surface area contributed by atoms with Crippen molar-refractivity contribution in [3.8, 4) is 0 Å². The number of carbonyl (C=O) groups is 2. The van der Waals surface area contributed by atoms with Gasteiger partial charge in [-0.1, -0.05) is 0 Å². The lowest BCUT2D eigenvalue weighted by atomic mass is 10.0. The van der Waals surface area contributed by atoms with Crippen molar-refractivity contribution >= 4 is 22.8 Å². The fraction of sp³-hybridized carbons (Fsp3) is 0.333. The van der Waals surface area contributed by atoms with E-state index in [1.54, 1.807) is 24.0 Å². The number of H-pyrrole nitrogens is 1. The molecule has 1 amide bonds. The molecule has 1 aromatic carbocycles. The van der Waals surface area contributed by atoms with Crippen molar-refractivity contribution in [3.05, 3.63) is 35.8 Å². The fourth-order valence-corrected chi connectivity index (χ4v) is 2.93. The number of hydrogen-bond acceptors (Lipinski definition) is 2. The van der Waals surface area contributed by atoms with E-state index in [1.165, 1.54) is 12.1 Å². The summed E-state index contributed by atoms with van der Waals surface area (Å²) in [6, 6.07) is 5.51. The lowest BCUT2D eigenvalue weighted by Crippen LogP contribution is -2.37. The molecule has 6 heteroatoms. The van der Waals surface area contributed by atoms with Crippen LogP contribution in [0.5, 0.6) is 0 Å². The maximum atomic E-state index is 13.2. The Morgan fingerprint density at radius 1 is 1.38 bits per heavy atom. The number of rotatable bonds is 2. The molecule has 0 saturated carbocycles.